The summed E-state index contributed by atoms with van der Waals surface area (Å²) in [6.07, 6.45) is 15.7. The number of nitrogens with zero attached hydrogens (tertiary/aromatic N) is 2. The average molecular weight is 495 g/mol. The molecular weight excluding hydrogens is 463 g/mol. The Labute approximate surface area is 216 Å². The molecule has 4 N–H and O–H groups in total. The van der Waals surface area contributed by atoms with Crippen LogP contribution < -0.4 is 10.6 Å². The second kappa shape index (κ2) is 10.7. The third-order valence-corrected chi connectivity index (χ3v) is 7.17. The van der Waals surface area contributed by atoms with E-state index in [1.165, 1.54) is 6.42 Å². The maximum Gasteiger partial charge on any atom is 0.131 e. The first-order chi connectivity index (χ1) is 18.2. The Morgan fingerprint density at radius 1 is 0.784 bits per heavy atom. The zero-order chi connectivity index (χ0) is 25.0. The number of imidazole rings is 2. The molecule has 2 aliphatic heterocycles. The summed E-state index contributed by atoms with van der Waals surface area (Å²) in [6, 6.07) is 14.1. The zero-order valence-corrected chi connectivity index (χ0v) is 20.7. The Balaban J connectivity index is 1.27. The fraction of sp³-hybridized carbons (Fsp3) is 0.267. The molecule has 0 radical (unpaired) electrons. The van der Waals surface area contributed by atoms with Crippen molar-refractivity contribution in [2.24, 2.45) is 0 Å². The number of H-pyrrole nitrogens is 2. The van der Waals surface area contributed by atoms with Gasteiger partial charge in [0.1, 0.15) is 17.5 Å². The van der Waals surface area contributed by atoms with E-state index in [0.29, 0.717) is 11.6 Å². The molecule has 2 saturated heterocycles. The normalized spacial score (nSPS) is 20.0. The first kappa shape index (κ1) is 23.6. The Bertz CT molecular complexity index is 1410. The Morgan fingerprint density at radius 3 is 2.22 bits per heavy atom. The molecule has 0 aliphatic carbocycles. The molecule has 188 valence electrons. The van der Waals surface area contributed by atoms with Crippen LogP contribution in [0.15, 0.2) is 67.0 Å². The highest BCUT2D eigenvalue weighted by Gasteiger charge is 2.20. The van der Waals surface area contributed by atoms with E-state index in [1.54, 1.807) is 12.3 Å². The van der Waals surface area contributed by atoms with Gasteiger partial charge in [0.2, 0.25) is 0 Å². The number of hydrogen-bond donors (Lipinski definition) is 4. The van der Waals surface area contributed by atoms with Crippen LogP contribution in [0.2, 0.25) is 0 Å². The fourth-order valence-electron chi connectivity index (χ4n) is 5.22. The molecule has 2 aromatic carbocycles. The van der Waals surface area contributed by atoms with E-state index in [4.69, 9.17) is 0 Å². The molecule has 2 aliphatic rings. The van der Waals surface area contributed by atoms with E-state index in [-0.39, 0.29) is 11.9 Å². The predicted octanol–water partition coefficient (Wildman–Crippen LogP) is 6.18. The maximum atomic E-state index is 15.6. The highest BCUT2D eigenvalue weighted by Crippen LogP contribution is 2.33. The van der Waals surface area contributed by atoms with E-state index in [0.717, 1.165) is 72.1 Å². The summed E-state index contributed by atoms with van der Waals surface area (Å²) < 4.78 is 15.6. The fourth-order valence-corrected chi connectivity index (χ4v) is 5.22. The van der Waals surface area contributed by atoms with Crippen LogP contribution in [0.5, 0.6) is 0 Å². The zero-order valence-electron chi connectivity index (χ0n) is 20.7. The average Bonchev–Trinajstić information content (AvgIpc) is 3.74. The van der Waals surface area contributed by atoms with E-state index in [9.17, 15) is 0 Å². The van der Waals surface area contributed by atoms with E-state index in [2.05, 4.69) is 30.6 Å². The molecule has 0 saturated carbocycles. The maximum absolute atomic E-state index is 15.6. The van der Waals surface area contributed by atoms with Gasteiger partial charge in [0.15, 0.2) is 0 Å². The Kier molecular flexibility index (Phi) is 6.80. The lowest BCUT2D eigenvalue weighted by Crippen LogP contribution is -2.14. The summed E-state index contributed by atoms with van der Waals surface area (Å²) >= 11 is 0. The van der Waals surface area contributed by atoms with Gasteiger partial charge in [-0.25, -0.2) is 14.4 Å². The highest BCUT2D eigenvalue weighted by atomic mass is 19.1. The molecule has 2 fully saturated rings. The molecule has 37 heavy (non-hydrogen) atoms. The highest BCUT2D eigenvalue weighted by molar-refractivity contribution is 5.80. The van der Waals surface area contributed by atoms with Crippen molar-refractivity contribution in [2.75, 3.05) is 13.1 Å². The molecule has 0 amide bonds. The lowest BCUT2D eigenvalue weighted by molar-refractivity contribution is 0.612. The molecule has 0 spiro atoms. The number of aromatic nitrogens is 4. The first-order valence-electron chi connectivity index (χ1n) is 13.1. The van der Waals surface area contributed by atoms with Crippen molar-refractivity contribution >= 4 is 12.2 Å². The third-order valence-electron chi connectivity index (χ3n) is 7.17. The van der Waals surface area contributed by atoms with Crippen molar-refractivity contribution in [1.29, 1.82) is 0 Å². The van der Waals surface area contributed by atoms with Gasteiger partial charge in [-0.3, -0.25) is 0 Å². The number of benzene rings is 2. The number of aromatic amines is 2. The Morgan fingerprint density at radius 2 is 1.49 bits per heavy atom. The number of allylic oxidation sites excluding steroid dienone is 2. The van der Waals surface area contributed by atoms with Crippen LogP contribution in [0, 0.1) is 5.82 Å². The summed E-state index contributed by atoms with van der Waals surface area (Å²) in [7, 11) is 0. The SMILES string of the molecule is Fc1cc(-c2cnc([C@@H]3CCCN3)[nH]2)cc(-c2ccccc2)c1C=CC=Cc1cnc([C@@H]2CCCN2)[nH]1. The molecular formula is C30H31FN6. The van der Waals surface area contributed by atoms with Crippen LogP contribution in [-0.2, 0) is 0 Å². The van der Waals surface area contributed by atoms with Crippen molar-refractivity contribution in [2.45, 2.75) is 37.8 Å². The van der Waals surface area contributed by atoms with Gasteiger partial charge in [0.25, 0.3) is 0 Å². The molecule has 7 heteroatoms. The minimum Gasteiger partial charge on any atom is -0.341 e. The van der Waals surface area contributed by atoms with Gasteiger partial charge in [-0.2, -0.15) is 0 Å². The predicted molar refractivity (Wildman–Crippen MR) is 146 cm³/mol. The van der Waals surface area contributed by atoms with Gasteiger partial charge < -0.3 is 20.6 Å². The van der Waals surface area contributed by atoms with Crippen molar-refractivity contribution in [3.05, 3.63) is 95.7 Å². The summed E-state index contributed by atoms with van der Waals surface area (Å²) in [5.41, 5.74) is 4.89. The summed E-state index contributed by atoms with van der Waals surface area (Å²) in [6.45, 7) is 2.04. The summed E-state index contributed by atoms with van der Waals surface area (Å²) in [5, 5.41) is 6.91. The van der Waals surface area contributed by atoms with Gasteiger partial charge in [0, 0.05) is 11.1 Å². The molecule has 6 nitrogen and oxygen atoms in total. The second-order valence-corrected chi connectivity index (χ2v) is 9.71. The largest absolute Gasteiger partial charge is 0.341 e. The molecule has 6 rings (SSSR count). The monoisotopic (exact) mass is 494 g/mol. The van der Waals surface area contributed by atoms with Gasteiger partial charge in [-0.1, -0.05) is 48.6 Å². The third kappa shape index (κ3) is 5.19. The molecule has 0 bridgehead atoms. The van der Waals surface area contributed by atoms with Gasteiger partial charge in [-0.15, -0.1) is 0 Å². The number of halogens is 1. The molecule has 4 heterocycles. The van der Waals surface area contributed by atoms with Crippen LogP contribution in [0.4, 0.5) is 4.39 Å². The lowest BCUT2D eigenvalue weighted by Gasteiger charge is -2.11. The quantitative estimate of drug-likeness (QED) is 0.231. The molecule has 0 unspecified atom stereocenters. The van der Waals surface area contributed by atoms with Crippen LogP contribution in [0.1, 0.15) is 60.7 Å². The number of hydrogen-bond acceptors (Lipinski definition) is 4. The lowest BCUT2D eigenvalue weighted by atomic mass is 9.95. The summed E-state index contributed by atoms with van der Waals surface area (Å²) in [4.78, 5) is 15.8. The van der Waals surface area contributed by atoms with E-state index >= 15 is 4.39 Å². The molecule has 2 atom stereocenters. The minimum atomic E-state index is -0.271. The standard InChI is InChI=1S/C30H31FN6/c31-25-17-21(28-19-35-30(37-28)27-13-7-15-33-27)16-24(20-8-2-1-3-9-20)23(25)11-5-4-10-22-18-34-29(36-22)26-12-6-14-32-26/h1-5,8-11,16-19,26-27,32-33H,6-7,12-15H2,(H,34,36)(H,35,37)/t26-,27-/m0/s1. The van der Waals surface area contributed by atoms with Crippen LogP contribution in [0.3, 0.4) is 0 Å². The van der Waals surface area contributed by atoms with Crippen molar-refractivity contribution in [3.63, 3.8) is 0 Å². The molecule has 2 aromatic heterocycles. The van der Waals surface area contributed by atoms with E-state index in [1.807, 2.05) is 66.9 Å². The van der Waals surface area contributed by atoms with Gasteiger partial charge in [-0.05, 0) is 68.1 Å². The van der Waals surface area contributed by atoms with Gasteiger partial charge >= 0.3 is 0 Å². The van der Waals surface area contributed by atoms with Crippen LogP contribution in [-0.4, -0.2) is 33.0 Å². The minimum absolute atomic E-state index is 0.238. The van der Waals surface area contributed by atoms with Crippen LogP contribution in [0.25, 0.3) is 34.5 Å². The smallest absolute Gasteiger partial charge is 0.131 e. The molecule has 4 aromatic rings. The van der Waals surface area contributed by atoms with Crippen molar-refractivity contribution < 1.29 is 4.39 Å². The Hall–Kier alpha value is -3.81. The topological polar surface area (TPSA) is 81.4 Å². The van der Waals surface area contributed by atoms with Crippen molar-refractivity contribution in [3.8, 4) is 22.4 Å². The van der Waals surface area contributed by atoms with Gasteiger partial charge in [0.05, 0.1) is 35.9 Å². The number of rotatable bonds is 7. The second-order valence-electron chi connectivity index (χ2n) is 9.71. The van der Waals surface area contributed by atoms with E-state index < -0.39 is 0 Å². The van der Waals surface area contributed by atoms with Crippen LogP contribution >= 0.6 is 0 Å². The summed E-state index contributed by atoms with van der Waals surface area (Å²) in [5.74, 6) is 1.61. The first-order valence-corrected chi connectivity index (χ1v) is 13.1. The number of nitrogens with one attached hydrogen (secondary N) is 4. The van der Waals surface area contributed by atoms with Crippen molar-refractivity contribution in [1.82, 2.24) is 30.6 Å².